The fourth-order valence-electron chi connectivity index (χ4n) is 3.08. The molecule has 3 nitrogen and oxygen atoms in total. The second kappa shape index (κ2) is 7.56. The largest absolute Gasteiger partial charge is 0.468 e. The van der Waals surface area contributed by atoms with Crippen LogP contribution >= 0.6 is 0 Å². The minimum absolute atomic E-state index is 0.189. The Morgan fingerprint density at radius 1 is 1.09 bits per heavy atom. The molecule has 0 amide bonds. The van der Waals surface area contributed by atoms with E-state index in [1.54, 1.807) is 6.26 Å². The van der Waals surface area contributed by atoms with Gasteiger partial charge in [-0.1, -0.05) is 18.6 Å². The summed E-state index contributed by atoms with van der Waals surface area (Å²) >= 11 is 0. The van der Waals surface area contributed by atoms with Gasteiger partial charge in [-0.3, -0.25) is 4.90 Å². The van der Waals surface area contributed by atoms with Crippen LogP contribution in [0, 0.1) is 5.82 Å². The Morgan fingerprint density at radius 3 is 2.55 bits per heavy atom. The van der Waals surface area contributed by atoms with Gasteiger partial charge in [0, 0.05) is 13.1 Å². The Labute approximate surface area is 131 Å². The first-order valence-electron chi connectivity index (χ1n) is 8.05. The molecule has 0 aliphatic carbocycles. The van der Waals surface area contributed by atoms with Gasteiger partial charge in [0.25, 0.3) is 0 Å². The number of halogens is 1. The van der Waals surface area contributed by atoms with E-state index in [-0.39, 0.29) is 11.9 Å². The van der Waals surface area contributed by atoms with Gasteiger partial charge in [-0.05, 0) is 55.8 Å². The Balaban J connectivity index is 1.59. The average molecular weight is 302 g/mol. The maximum absolute atomic E-state index is 12.9. The van der Waals surface area contributed by atoms with Crippen LogP contribution in [0.5, 0.6) is 0 Å². The third-order valence-corrected chi connectivity index (χ3v) is 4.28. The fraction of sp³-hybridized carbons (Fsp3) is 0.444. The van der Waals surface area contributed by atoms with Crippen molar-refractivity contribution in [3.05, 3.63) is 59.8 Å². The Kier molecular flexibility index (Phi) is 5.24. The summed E-state index contributed by atoms with van der Waals surface area (Å²) in [5.41, 5.74) is 1.10. The molecule has 1 aliphatic rings. The van der Waals surface area contributed by atoms with Gasteiger partial charge in [0.05, 0.1) is 12.3 Å². The van der Waals surface area contributed by atoms with Crippen molar-refractivity contribution in [3.8, 4) is 0 Å². The molecule has 0 radical (unpaired) electrons. The van der Waals surface area contributed by atoms with Crippen LogP contribution in [0.15, 0.2) is 47.1 Å². The van der Waals surface area contributed by atoms with E-state index in [1.807, 2.05) is 18.2 Å². The summed E-state index contributed by atoms with van der Waals surface area (Å²) in [5, 5.41) is 3.48. The predicted molar refractivity (Wildman–Crippen MR) is 85.0 cm³/mol. The van der Waals surface area contributed by atoms with Crippen LogP contribution < -0.4 is 5.32 Å². The lowest BCUT2D eigenvalue weighted by molar-refractivity contribution is 0.142. The molecule has 1 aliphatic heterocycles. The van der Waals surface area contributed by atoms with E-state index in [0.717, 1.165) is 37.5 Å². The van der Waals surface area contributed by atoms with Crippen molar-refractivity contribution in [1.82, 2.24) is 10.2 Å². The molecule has 0 bridgehead atoms. The summed E-state index contributed by atoms with van der Waals surface area (Å²) in [6, 6.07) is 10.9. The summed E-state index contributed by atoms with van der Waals surface area (Å²) in [5.74, 6) is 0.832. The quantitative estimate of drug-likeness (QED) is 0.881. The Bertz CT molecular complexity index is 547. The lowest BCUT2D eigenvalue weighted by Crippen LogP contribution is -2.38. The maximum atomic E-state index is 12.9. The van der Waals surface area contributed by atoms with Gasteiger partial charge >= 0.3 is 0 Å². The molecular weight excluding hydrogens is 279 g/mol. The Morgan fingerprint density at radius 2 is 1.86 bits per heavy atom. The van der Waals surface area contributed by atoms with Crippen LogP contribution in [-0.2, 0) is 6.54 Å². The Hall–Kier alpha value is -1.65. The molecule has 1 fully saturated rings. The van der Waals surface area contributed by atoms with E-state index in [1.165, 1.54) is 31.4 Å². The van der Waals surface area contributed by atoms with Crippen molar-refractivity contribution in [2.45, 2.75) is 31.8 Å². The molecule has 3 rings (SSSR count). The van der Waals surface area contributed by atoms with Crippen molar-refractivity contribution >= 4 is 0 Å². The van der Waals surface area contributed by atoms with E-state index in [2.05, 4.69) is 16.3 Å². The van der Waals surface area contributed by atoms with Crippen LogP contribution in [0.3, 0.4) is 0 Å². The third kappa shape index (κ3) is 3.96. The zero-order chi connectivity index (χ0) is 15.2. The fourth-order valence-corrected chi connectivity index (χ4v) is 3.08. The second-order valence-electron chi connectivity index (χ2n) is 5.89. The highest BCUT2D eigenvalue weighted by atomic mass is 19.1. The number of nitrogens with one attached hydrogen (secondary N) is 1. The zero-order valence-electron chi connectivity index (χ0n) is 12.8. The number of hydrogen-bond acceptors (Lipinski definition) is 3. The first-order chi connectivity index (χ1) is 10.8. The number of hydrogen-bond donors (Lipinski definition) is 1. The van der Waals surface area contributed by atoms with Crippen LogP contribution in [0.2, 0.25) is 0 Å². The molecule has 1 saturated heterocycles. The summed E-state index contributed by atoms with van der Waals surface area (Å²) in [6.45, 7) is 3.84. The highest BCUT2D eigenvalue weighted by molar-refractivity contribution is 5.16. The van der Waals surface area contributed by atoms with E-state index < -0.39 is 0 Å². The van der Waals surface area contributed by atoms with E-state index in [9.17, 15) is 4.39 Å². The normalized spacial score (nSPS) is 17.5. The first kappa shape index (κ1) is 15.3. The topological polar surface area (TPSA) is 28.4 Å². The van der Waals surface area contributed by atoms with Crippen molar-refractivity contribution in [2.75, 3.05) is 19.6 Å². The van der Waals surface area contributed by atoms with Crippen molar-refractivity contribution in [3.63, 3.8) is 0 Å². The summed E-state index contributed by atoms with van der Waals surface area (Å²) in [6.07, 6.45) is 5.58. The third-order valence-electron chi connectivity index (χ3n) is 4.28. The molecule has 4 heteroatoms. The van der Waals surface area contributed by atoms with E-state index >= 15 is 0 Å². The molecule has 0 spiro atoms. The molecule has 2 aromatic rings. The van der Waals surface area contributed by atoms with Crippen LogP contribution in [0.1, 0.15) is 36.6 Å². The van der Waals surface area contributed by atoms with E-state index in [4.69, 9.17) is 4.42 Å². The van der Waals surface area contributed by atoms with Crippen molar-refractivity contribution in [1.29, 1.82) is 0 Å². The minimum Gasteiger partial charge on any atom is -0.468 e. The summed E-state index contributed by atoms with van der Waals surface area (Å²) in [4.78, 5) is 2.50. The highest BCUT2D eigenvalue weighted by Crippen LogP contribution is 2.24. The average Bonchev–Trinajstić information content (AvgIpc) is 3.08. The van der Waals surface area contributed by atoms with Gasteiger partial charge in [-0.2, -0.15) is 0 Å². The highest BCUT2D eigenvalue weighted by Gasteiger charge is 2.23. The van der Waals surface area contributed by atoms with Gasteiger partial charge in [-0.25, -0.2) is 4.39 Å². The molecular formula is C18H23FN2O. The van der Waals surface area contributed by atoms with Crippen molar-refractivity contribution < 1.29 is 8.81 Å². The second-order valence-corrected chi connectivity index (χ2v) is 5.89. The van der Waals surface area contributed by atoms with E-state index in [0.29, 0.717) is 0 Å². The van der Waals surface area contributed by atoms with Crippen LogP contribution in [-0.4, -0.2) is 24.5 Å². The summed E-state index contributed by atoms with van der Waals surface area (Å²) in [7, 11) is 0. The molecule has 1 unspecified atom stereocenters. The smallest absolute Gasteiger partial charge is 0.123 e. The molecule has 1 aromatic heterocycles. The zero-order valence-corrected chi connectivity index (χ0v) is 12.8. The number of piperidine rings is 1. The van der Waals surface area contributed by atoms with Gasteiger partial charge in [0.15, 0.2) is 0 Å². The molecule has 2 heterocycles. The minimum atomic E-state index is -0.189. The van der Waals surface area contributed by atoms with Gasteiger partial charge in [0.2, 0.25) is 0 Å². The SMILES string of the molecule is Fc1ccc(CNCC(c2ccco2)N2CCCCC2)cc1. The number of likely N-dealkylation sites (tertiary alicyclic amines) is 1. The molecule has 1 aromatic carbocycles. The van der Waals surface area contributed by atoms with Gasteiger partial charge in [-0.15, -0.1) is 0 Å². The monoisotopic (exact) mass is 302 g/mol. The predicted octanol–water partition coefficient (Wildman–Crippen LogP) is 3.74. The van der Waals surface area contributed by atoms with Crippen LogP contribution in [0.25, 0.3) is 0 Å². The molecule has 22 heavy (non-hydrogen) atoms. The number of nitrogens with zero attached hydrogens (tertiary/aromatic N) is 1. The summed E-state index contributed by atoms with van der Waals surface area (Å²) < 4.78 is 18.6. The molecule has 0 saturated carbocycles. The maximum Gasteiger partial charge on any atom is 0.123 e. The number of furan rings is 1. The lowest BCUT2D eigenvalue weighted by atomic mass is 10.1. The molecule has 1 N–H and O–H groups in total. The lowest BCUT2D eigenvalue weighted by Gasteiger charge is -2.33. The standard InChI is InChI=1S/C18H23FN2O/c19-16-8-6-15(7-9-16)13-20-14-17(18-5-4-12-22-18)21-10-2-1-3-11-21/h4-9,12,17,20H,1-3,10-11,13-14H2. The number of rotatable bonds is 6. The molecule has 118 valence electrons. The van der Waals surface area contributed by atoms with Gasteiger partial charge in [0.1, 0.15) is 11.6 Å². The molecule has 1 atom stereocenters. The first-order valence-corrected chi connectivity index (χ1v) is 8.05. The van der Waals surface area contributed by atoms with Gasteiger partial charge < -0.3 is 9.73 Å². The number of benzene rings is 1. The van der Waals surface area contributed by atoms with Crippen molar-refractivity contribution in [2.24, 2.45) is 0 Å². The van der Waals surface area contributed by atoms with Crippen LogP contribution in [0.4, 0.5) is 4.39 Å².